The Morgan fingerprint density at radius 2 is 2.25 bits per heavy atom. The van der Waals surface area contributed by atoms with Gasteiger partial charge in [-0.15, -0.1) is 0 Å². The molecule has 5 nitrogen and oxygen atoms in total. The highest BCUT2D eigenvalue weighted by Crippen LogP contribution is 2.26. The van der Waals surface area contributed by atoms with Crippen LogP contribution in [0.1, 0.15) is 29.4 Å². The maximum Gasteiger partial charge on any atom is 0.244 e. The van der Waals surface area contributed by atoms with E-state index in [4.69, 9.17) is 9.26 Å². The van der Waals surface area contributed by atoms with E-state index in [-0.39, 0.29) is 12.1 Å². The first-order valence-electron chi connectivity index (χ1n) is 6.61. The van der Waals surface area contributed by atoms with Gasteiger partial charge in [0.1, 0.15) is 6.10 Å². The molecule has 20 heavy (non-hydrogen) atoms. The van der Waals surface area contributed by atoms with Crippen LogP contribution in [0.2, 0.25) is 0 Å². The molecule has 0 radical (unpaired) electrons. The van der Waals surface area contributed by atoms with Crippen molar-refractivity contribution in [1.29, 1.82) is 0 Å². The monoisotopic (exact) mass is 291 g/mol. The zero-order chi connectivity index (χ0) is 13.8. The third kappa shape index (κ3) is 2.87. The van der Waals surface area contributed by atoms with Gasteiger partial charge in [-0.2, -0.15) is 16.7 Å². The summed E-state index contributed by atoms with van der Waals surface area (Å²) in [4.78, 5) is 4.50. The largest absolute Gasteiger partial charge is 0.369 e. The molecule has 2 heterocycles. The number of ether oxygens (including phenoxy) is 1. The molecule has 3 rings (SSSR count). The lowest BCUT2D eigenvalue weighted by atomic mass is 10.1. The Labute approximate surface area is 122 Å². The zero-order valence-electron chi connectivity index (χ0n) is 11.3. The Hall–Kier alpha value is -1.37. The van der Waals surface area contributed by atoms with Crippen molar-refractivity contribution in [3.8, 4) is 0 Å². The molecule has 0 aliphatic carbocycles. The lowest BCUT2D eigenvalue weighted by Crippen LogP contribution is -2.30. The summed E-state index contributed by atoms with van der Waals surface area (Å²) in [5.41, 5.74) is 1.02. The summed E-state index contributed by atoms with van der Waals surface area (Å²) in [6.07, 6.45) is -0.287. The molecule has 1 saturated heterocycles. The summed E-state index contributed by atoms with van der Waals surface area (Å²) in [6, 6.07) is 10.1. The summed E-state index contributed by atoms with van der Waals surface area (Å²) in [5, 5.41) is 7.47. The standard InChI is InChI=1S/C14H17N3O2S/c1-18-12(10-5-3-2-4-6-10)13-16-14(19-17-13)11-9-20-8-7-15-11/h2-6,11-12,15H,7-9H2,1H3. The third-order valence-electron chi connectivity index (χ3n) is 3.25. The highest BCUT2D eigenvalue weighted by Gasteiger charge is 2.25. The average Bonchev–Trinajstić information content (AvgIpc) is 3.00. The minimum atomic E-state index is -0.287. The van der Waals surface area contributed by atoms with Crippen molar-refractivity contribution >= 4 is 11.8 Å². The van der Waals surface area contributed by atoms with Gasteiger partial charge in [0, 0.05) is 25.2 Å². The number of rotatable bonds is 4. The first-order chi connectivity index (χ1) is 9.88. The lowest BCUT2D eigenvalue weighted by molar-refractivity contribution is 0.126. The van der Waals surface area contributed by atoms with Crippen molar-refractivity contribution in [1.82, 2.24) is 15.5 Å². The quantitative estimate of drug-likeness (QED) is 0.931. The summed E-state index contributed by atoms with van der Waals surface area (Å²) >= 11 is 1.90. The molecule has 0 bridgehead atoms. The second-order valence-electron chi connectivity index (χ2n) is 4.60. The molecule has 1 N–H and O–H groups in total. The second kappa shape index (κ2) is 6.39. The zero-order valence-corrected chi connectivity index (χ0v) is 12.1. The Bertz CT molecular complexity index is 540. The Kier molecular flexibility index (Phi) is 4.34. The minimum Gasteiger partial charge on any atom is -0.369 e. The van der Waals surface area contributed by atoms with Crippen molar-refractivity contribution in [3.63, 3.8) is 0 Å². The van der Waals surface area contributed by atoms with E-state index in [0.717, 1.165) is 23.6 Å². The van der Waals surface area contributed by atoms with Crippen LogP contribution in [-0.4, -0.2) is 35.3 Å². The van der Waals surface area contributed by atoms with E-state index >= 15 is 0 Å². The average molecular weight is 291 g/mol. The topological polar surface area (TPSA) is 60.2 Å². The predicted molar refractivity (Wildman–Crippen MR) is 77.7 cm³/mol. The van der Waals surface area contributed by atoms with Gasteiger partial charge in [0.25, 0.3) is 0 Å². The Morgan fingerprint density at radius 3 is 2.95 bits per heavy atom. The molecule has 0 saturated carbocycles. The fourth-order valence-electron chi connectivity index (χ4n) is 2.24. The molecule has 6 heteroatoms. The number of thioether (sulfide) groups is 1. The summed E-state index contributed by atoms with van der Waals surface area (Å²) in [5.74, 6) is 3.31. The smallest absolute Gasteiger partial charge is 0.244 e. The predicted octanol–water partition coefficient (Wildman–Crippen LogP) is 2.18. The summed E-state index contributed by atoms with van der Waals surface area (Å²) in [6.45, 7) is 0.972. The van der Waals surface area contributed by atoms with Gasteiger partial charge in [-0.1, -0.05) is 35.5 Å². The third-order valence-corrected chi connectivity index (χ3v) is 4.31. The molecular formula is C14H17N3O2S. The van der Waals surface area contributed by atoms with Crippen LogP contribution in [0.25, 0.3) is 0 Å². The van der Waals surface area contributed by atoms with Crippen LogP contribution < -0.4 is 5.32 Å². The van der Waals surface area contributed by atoms with Crippen LogP contribution >= 0.6 is 11.8 Å². The van der Waals surface area contributed by atoms with Gasteiger partial charge in [-0.3, -0.25) is 0 Å². The summed E-state index contributed by atoms with van der Waals surface area (Å²) in [7, 11) is 1.66. The van der Waals surface area contributed by atoms with Gasteiger partial charge in [0.2, 0.25) is 11.7 Å². The maximum atomic E-state index is 5.51. The van der Waals surface area contributed by atoms with Crippen molar-refractivity contribution in [3.05, 3.63) is 47.6 Å². The minimum absolute atomic E-state index is 0.142. The van der Waals surface area contributed by atoms with Crippen LogP contribution in [0.15, 0.2) is 34.9 Å². The van der Waals surface area contributed by atoms with Gasteiger partial charge >= 0.3 is 0 Å². The molecule has 106 valence electrons. The van der Waals surface area contributed by atoms with Gasteiger partial charge in [-0.05, 0) is 5.56 Å². The van der Waals surface area contributed by atoms with Crippen LogP contribution in [0.4, 0.5) is 0 Å². The van der Waals surface area contributed by atoms with Crippen molar-refractivity contribution in [2.24, 2.45) is 0 Å². The van der Waals surface area contributed by atoms with Crippen molar-refractivity contribution in [2.45, 2.75) is 12.1 Å². The number of aromatic nitrogens is 2. The number of benzene rings is 1. The van der Waals surface area contributed by atoms with E-state index in [9.17, 15) is 0 Å². The number of hydrogen-bond acceptors (Lipinski definition) is 6. The van der Waals surface area contributed by atoms with Crippen LogP contribution in [0.5, 0.6) is 0 Å². The maximum absolute atomic E-state index is 5.51. The van der Waals surface area contributed by atoms with Gasteiger partial charge < -0.3 is 14.6 Å². The lowest BCUT2D eigenvalue weighted by Gasteiger charge is -2.19. The normalized spacial score (nSPS) is 20.8. The number of nitrogens with one attached hydrogen (secondary N) is 1. The van der Waals surface area contributed by atoms with Crippen LogP contribution in [-0.2, 0) is 4.74 Å². The first-order valence-corrected chi connectivity index (χ1v) is 7.76. The van der Waals surface area contributed by atoms with E-state index in [1.54, 1.807) is 7.11 Å². The van der Waals surface area contributed by atoms with Gasteiger partial charge in [0.05, 0.1) is 6.04 Å². The van der Waals surface area contributed by atoms with E-state index in [2.05, 4.69) is 15.5 Å². The number of methoxy groups -OCH3 is 1. The van der Waals surface area contributed by atoms with Crippen molar-refractivity contribution < 1.29 is 9.26 Å². The van der Waals surface area contributed by atoms with Gasteiger partial charge in [0.15, 0.2) is 0 Å². The molecule has 2 unspecified atom stereocenters. The van der Waals surface area contributed by atoms with Crippen molar-refractivity contribution in [2.75, 3.05) is 25.2 Å². The van der Waals surface area contributed by atoms with E-state index in [1.807, 2.05) is 42.1 Å². The number of nitrogens with zero attached hydrogens (tertiary/aromatic N) is 2. The van der Waals surface area contributed by atoms with E-state index < -0.39 is 0 Å². The molecule has 0 spiro atoms. The molecule has 2 atom stereocenters. The molecule has 1 aromatic heterocycles. The Balaban J connectivity index is 1.81. The first kappa shape index (κ1) is 13.6. The second-order valence-corrected chi connectivity index (χ2v) is 5.75. The molecule has 1 aromatic carbocycles. The van der Waals surface area contributed by atoms with Gasteiger partial charge in [-0.25, -0.2) is 0 Å². The molecule has 1 aliphatic heterocycles. The molecule has 1 aliphatic rings. The molecule has 2 aromatic rings. The number of hydrogen-bond donors (Lipinski definition) is 1. The highest BCUT2D eigenvalue weighted by atomic mass is 32.2. The van der Waals surface area contributed by atoms with E-state index in [1.165, 1.54) is 0 Å². The van der Waals surface area contributed by atoms with E-state index in [0.29, 0.717) is 11.7 Å². The summed E-state index contributed by atoms with van der Waals surface area (Å²) < 4.78 is 10.9. The Morgan fingerprint density at radius 1 is 1.40 bits per heavy atom. The van der Waals surface area contributed by atoms with Crippen LogP contribution in [0, 0.1) is 0 Å². The fraction of sp³-hybridized carbons (Fsp3) is 0.429. The van der Waals surface area contributed by atoms with Crippen LogP contribution in [0.3, 0.4) is 0 Å². The molecule has 1 fully saturated rings. The molecular weight excluding hydrogens is 274 g/mol. The SMILES string of the molecule is COC(c1ccccc1)c1noc(C2CSCCN2)n1. The highest BCUT2D eigenvalue weighted by molar-refractivity contribution is 7.99. The molecule has 0 amide bonds. The fourth-order valence-corrected chi connectivity index (χ4v) is 3.16.